The van der Waals surface area contributed by atoms with Gasteiger partial charge >= 0.3 is 6.03 Å². The van der Waals surface area contributed by atoms with Crippen molar-refractivity contribution in [3.05, 3.63) is 35.9 Å². The molecular weight excluding hydrogens is 318 g/mol. The molecule has 2 N–H and O–H groups in total. The summed E-state index contributed by atoms with van der Waals surface area (Å²) in [6.07, 6.45) is 2.99. The van der Waals surface area contributed by atoms with E-state index in [9.17, 15) is 9.59 Å². The lowest BCUT2D eigenvalue weighted by Gasteiger charge is -2.35. The van der Waals surface area contributed by atoms with Gasteiger partial charge in [-0.05, 0) is 38.7 Å². The lowest BCUT2D eigenvalue weighted by atomic mass is 10.0. The zero-order chi connectivity index (χ0) is 18.2. The molecule has 3 amide bonds. The van der Waals surface area contributed by atoms with Crippen molar-refractivity contribution in [3.63, 3.8) is 0 Å². The molecule has 2 rings (SSSR count). The summed E-state index contributed by atoms with van der Waals surface area (Å²) in [6, 6.07) is 9.05. The Morgan fingerprint density at radius 2 is 2.00 bits per heavy atom. The van der Waals surface area contributed by atoms with E-state index in [0.717, 1.165) is 31.4 Å². The van der Waals surface area contributed by atoms with Crippen molar-refractivity contribution in [2.24, 2.45) is 0 Å². The van der Waals surface area contributed by atoms with Crippen LogP contribution in [0.1, 0.15) is 44.8 Å². The molecule has 0 bridgehead atoms. The van der Waals surface area contributed by atoms with E-state index in [1.807, 2.05) is 35.2 Å². The molecule has 1 aliphatic rings. The lowest BCUT2D eigenvalue weighted by Crippen LogP contribution is -2.53. The average Bonchev–Trinajstić information content (AvgIpc) is 2.63. The largest absolute Gasteiger partial charge is 0.375 e. The highest BCUT2D eigenvalue weighted by Gasteiger charge is 2.27. The Morgan fingerprint density at radius 1 is 1.28 bits per heavy atom. The Kier molecular flexibility index (Phi) is 7.25. The zero-order valence-electron chi connectivity index (χ0n) is 15.3. The van der Waals surface area contributed by atoms with Gasteiger partial charge in [-0.3, -0.25) is 4.79 Å². The number of nitrogens with zero attached hydrogens (tertiary/aromatic N) is 1. The van der Waals surface area contributed by atoms with Gasteiger partial charge in [0.15, 0.2) is 0 Å². The molecule has 6 nitrogen and oxygen atoms in total. The maximum absolute atomic E-state index is 12.5. The summed E-state index contributed by atoms with van der Waals surface area (Å²) in [5.41, 5.74) is 0.997. The quantitative estimate of drug-likeness (QED) is 0.830. The molecule has 0 radical (unpaired) electrons. The summed E-state index contributed by atoms with van der Waals surface area (Å²) >= 11 is 0. The molecule has 1 aromatic carbocycles. The highest BCUT2D eigenvalue weighted by atomic mass is 16.5. The van der Waals surface area contributed by atoms with Crippen molar-refractivity contribution >= 4 is 11.9 Å². The molecule has 0 aliphatic carbocycles. The Hall–Kier alpha value is -2.08. The molecular formula is C19H29N3O3. The van der Waals surface area contributed by atoms with E-state index in [0.29, 0.717) is 6.54 Å². The van der Waals surface area contributed by atoms with Gasteiger partial charge in [-0.25, -0.2) is 4.79 Å². The second kappa shape index (κ2) is 9.42. The molecule has 138 valence electrons. The first-order valence-electron chi connectivity index (χ1n) is 8.95. The first-order chi connectivity index (χ1) is 12.0. The molecule has 6 heteroatoms. The first-order valence-corrected chi connectivity index (χ1v) is 8.95. The van der Waals surface area contributed by atoms with Gasteiger partial charge in [-0.2, -0.15) is 0 Å². The van der Waals surface area contributed by atoms with Crippen molar-refractivity contribution in [3.8, 4) is 0 Å². The van der Waals surface area contributed by atoms with Crippen LogP contribution in [-0.2, 0) is 9.53 Å². The minimum Gasteiger partial charge on any atom is -0.375 e. The number of amides is 3. The van der Waals surface area contributed by atoms with Crippen LogP contribution in [0, 0.1) is 0 Å². The van der Waals surface area contributed by atoms with Crippen LogP contribution >= 0.6 is 0 Å². The van der Waals surface area contributed by atoms with Gasteiger partial charge in [0.05, 0.1) is 6.10 Å². The maximum Gasteiger partial charge on any atom is 0.315 e. The molecule has 0 aromatic heterocycles. The number of hydrogen-bond donors (Lipinski definition) is 2. The van der Waals surface area contributed by atoms with Gasteiger partial charge in [0.1, 0.15) is 6.04 Å². The molecule has 1 fully saturated rings. The third kappa shape index (κ3) is 5.46. The van der Waals surface area contributed by atoms with Gasteiger partial charge in [-0.15, -0.1) is 0 Å². The normalized spacial score (nSPS) is 19.8. The fourth-order valence-electron chi connectivity index (χ4n) is 3.17. The number of piperidine rings is 1. The van der Waals surface area contributed by atoms with E-state index < -0.39 is 6.04 Å². The standard InChI is InChI=1S/C19H29N3O3/c1-14-9-7-8-12-22(14)18(23)15(2)21-19(24)20-13-17(25-3)16-10-5-4-6-11-16/h4-6,10-11,14-15,17H,7-9,12-13H2,1-3H3,(H2,20,21,24)/t14-,15-,17-/m1/s1. The Balaban J connectivity index is 1.81. The van der Waals surface area contributed by atoms with Gasteiger partial charge in [0.2, 0.25) is 5.91 Å². The molecule has 1 aromatic rings. The maximum atomic E-state index is 12.5. The number of likely N-dealkylation sites (tertiary alicyclic amines) is 1. The minimum atomic E-state index is -0.543. The van der Waals surface area contributed by atoms with Gasteiger partial charge in [0.25, 0.3) is 0 Å². The molecule has 1 aliphatic heterocycles. The fourth-order valence-corrected chi connectivity index (χ4v) is 3.17. The number of methoxy groups -OCH3 is 1. The van der Waals surface area contributed by atoms with Crippen molar-refractivity contribution in [1.29, 1.82) is 0 Å². The number of hydrogen-bond acceptors (Lipinski definition) is 3. The second-order valence-corrected chi connectivity index (χ2v) is 6.59. The third-order valence-electron chi connectivity index (χ3n) is 4.71. The van der Waals surface area contributed by atoms with Crippen LogP contribution in [0.25, 0.3) is 0 Å². The highest BCUT2D eigenvalue weighted by molar-refractivity contribution is 5.87. The summed E-state index contributed by atoms with van der Waals surface area (Å²) in [6.45, 7) is 4.90. The van der Waals surface area contributed by atoms with Crippen LogP contribution in [0.15, 0.2) is 30.3 Å². The molecule has 1 heterocycles. The van der Waals surface area contributed by atoms with E-state index in [2.05, 4.69) is 17.6 Å². The molecule has 25 heavy (non-hydrogen) atoms. The number of nitrogens with one attached hydrogen (secondary N) is 2. The number of benzene rings is 1. The van der Waals surface area contributed by atoms with Crippen molar-refractivity contribution in [1.82, 2.24) is 15.5 Å². The van der Waals surface area contributed by atoms with Crippen molar-refractivity contribution in [2.75, 3.05) is 20.2 Å². The van der Waals surface area contributed by atoms with Crippen LogP contribution in [-0.4, -0.2) is 49.1 Å². The van der Waals surface area contributed by atoms with Crippen LogP contribution in [0.3, 0.4) is 0 Å². The highest BCUT2D eigenvalue weighted by Crippen LogP contribution is 2.17. The summed E-state index contributed by atoms with van der Waals surface area (Å²) in [4.78, 5) is 26.5. The second-order valence-electron chi connectivity index (χ2n) is 6.59. The minimum absolute atomic E-state index is 0.0197. The van der Waals surface area contributed by atoms with Gasteiger partial charge < -0.3 is 20.3 Å². The predicted molar refractivity (Wildman–Crippen MR) is 97.2 cm³/mol. The number of carbonyl (C=O) groups is 2. The number of rotatable bonds is 6. The SMILES string of the molecule is CO[C@H](CNC(=O)N[C@H](C)C(=O)N1CCCC[C@H]1C)c1ccccc1. The Morgan fingerprint density at radius 3 is 2.64 bits per heavy atom. The monoisotopic (exact) mass is 347 g/mol. The number of carbonyl (C=O) groups excluding carboxylic acids is 2. The zero-order valence-corrected chi connectivity index (χ0v) is 15.3. The molecule has 0 unspecified atom stereocenters. The van der Waals surface area contributed by atoms with E-state index in [-0.39, 0.29) is 24.1 Å². The van der Waals surface area contributed by atoms with Crippen molar-refractivity contribution < 1.29 is 14.3 Å². The van der Waals surface area contributed by atoms with E-state index in [4.69, 9.17) is 4.74 Å². The molecule has 0 spiro atoms. The topological polar surface area (TPSA) is 70.7 Å². The molecule has 3 atom stereocenters. The van der Waals surface area contributed by atoms with Crippen LogP contribution in [0.4, 0.5) is 4.79 Å². The summed E-state index contributed by atoms with van der Waals surface area (Å²) < 4.78 is 5.43. The summed E-state index contributed by atoms with van der Waals surface area (Å²) in [5, 5.41) is 5.52. The van der Waals surface area contributed by atoms with Gasteiger partial charge in [0, 0.05) is 26.2 Å². The molecule has 1 saturated heterocycles. The van der Waals surface area contributed by atoms with Crippen molar-refractivity contribution in [2.45, 2.75) is 51.3 Å². The fraction of sp³-hybridized carbons (Fsp3) is 0.579. The van der Waals surface area contributed by atoms with E-state index in [1.165, 1.54) is 0 Å². The lowest BCUT2D eigenvalue weighted by molar-refractivity contribution is -0.136. The summed E-state index contributed by atoms with van der Waals surface area (Å²) in [7, 11) is 1.61. The molecule has 0 saturated carbocycles. The first kappa shape index (κ1) is 19.2. The van der Waals surface area contributed by atoms with Gasteiger partial charge in [-0.1, -0.05) is 30.3 Å². The van der Waals surface area contributed by atoms with E-state index >= 15 is 0 Å². The van der Waals surface area contributed by atoms with Crippen LogP contribution in [0.2, 0.25) is 0 Å². The number of ether oxygens (including phenoxy) is 1. The Labute approximate surface area is 149 Å². The average molecular weight is 347 g/mol. The smallest absolute Gasteiger partial charge is 0.315 e. The third-order valence-corrected chi connectivity index (χ3v) is 4.71. The van der Waals surface area contributed by atoms with Crippen LogP contribution < -0.4 is 10.6 Å². The van der Waals surface area contributed by atoms with E-state index in [1.54, 1.807) is 14.0 Å². The predicted octanol–water partition coefficient (Wildman–Crippen LogP) is 2.46. The summed E-state index contributed by atoms with van der Waals surface area (Å²) in [5.74, 6) is -0.0197. The Bertz CT molecular complexity index is 564. The number of urea groups is 1. The van der Waals surface area contributed by atoms with Crippen LogP contribution in [0.5, 0.6) is 0 Å².